The molecular formula is C12H16NP. The van der Waals surface area contributed by atoms with Crippen molar-refractivity contribution in [2.45, 2.75) is 13.3 Å². The summed E-state index contributed by atoms with van der Waals surface area (Å²) in [5.41, 5.74) is 2.71. The molecule has 0 saturated carbocycles. The predicted octanol–water partition coefficient (Wildman–Crippen LogP) is 3.97. The second-order valence-electron chi connectivity index (χ2n) is 3.07. The lowest BCUT2D eigenvalue weighted by molar-refractivity contribution is 1.15. The molecular weight excluding hydrogens is 189 g/mol. The van der Waals surface area contributed by atoms with Gasteiger partial charge in [0.15, 0.2) is 0 Å². The molecule has 0 unspecified atom stereocenters. The van der Waals surface area contributed by atoms with Gasteiger partial charge >= 0.3 is 0 Å². The van der Waals surface area contributed by atoms with Gasteiger partial charge in [-0.2, -0.15) is 0 Å². The lowest BCUT2D eigenvalue weighted by Crippen LogP contribution is -2.05. The fourth-order valence-electron chi connectivity index (χ4n) is 1.10. The van der Waals surface area contributed by atoms with Gasteiger partial charge in [-0.1, -0.05) is 25.6 Å². The van der Waals surface area contributed by atoms with Gasteiger partial charge in [-0.15, -0.1) is 0 Å². The van der Waals surface area contributed by atoms with Gasteiger partial charge < -0.3 is 4.90 Å². The molecule has 0 aromatic carbocycles. The van der Waals surface area contributed by atoms with Gasteiger partial charge in [0.1, 0.15) is 0 Å². The SMILES string of the molecule is C=C/C=C\N(C)c1ccc(CC)cp1. The molecule has 0 fully saturated rings. The smallest absolute Gasteiger partial charge is 0.0679 e. The zero-order chi connectivity index (χ0) is 10.4. The van der Waals surface area contributed by atoms with E-state index in [2.05, 4.69) is 43.4 Å². The first-order chi connectivity index (χ1) is 6.77. The summed E-state index contributed by atoms with van der Waals surface area (Å²) in [7, 11) is 3.32. The maximum Gasteiger partial charge on any atom is 0.0679 e. The number of rotatable bonds is 4. The molecule has 1 aromatic rings. The lowest BCUT2D eigenvalue weighted by Gasteiger charge is -2.13. The van der Waals surface area contributed by atoms with Gasteiger partial charge in [-0.05, 0) is 38.1 Å². The number of hydrogen-bond acceptors (Lipinski definition) is 1. The van der Waals surface area contributed by atoms with Crippen molar-refractivity contribution in [3.8, 4) is 0 Å². The van der Waals surface area contributed by atoms with Crippen LogP contribution in [0.2, 0.25) is 0 Å². The van der Waals surface area contributed by atoms with Crippen molar-refractivity contribution < 1.29 is 0 Å². The number of hydrogen-bond donors (Lipinski definition) is 0. The molecule has 1 nitrogen and oxygen atoms in total. The second kappa shape index (κ2) is 5.62. The van der Waals surface area contributed by atoms with Crippen LogP contribution < -0.4 is 4.90 Å². The van der Waals surface area contributed by atoms with E-state index in [1.54, 1.807) is 6.08 Å². The van der Waals surface area contributed by atoms with Gasteiger partial charge in [0.25, 0.3) is 0 Å². The highest BCUT2D eigenvalue weighted by Crippen LogP contribution is 2.25. The summed E-state index contributed by atoms with van der Waals surface area (Å²) in [6.45, 7) is 5.83. The van der Waals surface area contributed by atoms with E-state index in [1.807, 2.05) is 12.3 Å². The lowest BCUT2D eigenvalue weighted by atomic mass is 10.2. The summed E-state index contributed by atoms with van der Waals surface area (Å²) >= 11 is 0. The Morgan fingerprint density at radius 2 is 2.29 bits per heavy atom. The molecule has 74 valence electrons. The highest BCUT2D eigenvalue weighted by Gasteiger charge is 1.96. The number of nitrogens with zero attached hydrogens (tertiary/aromatic N) is 1. The molecule has 0 atom stereocenters. The highest BCUT2D eigenvalue weighted by atomic mass is 31.0. The Kier molecular flexibility index (Phi) is 4.42. The fourth-order valence-corrected chi connectivity index (χ4v) is 2.08. The maximum absolute atomic E-state index is 3.65. The molecule has 0 saturated heterocycles. The van der Waals surface area contributed by atoms with Crippen molar-refractivity contribution in [2.75, 3.05) is 11.9 Å². The van der Waals surface area contributed by atoms with Crippen LogP contribution in [0.3, 0.4) is 0 Å². The maximum atomic E-state index is 3.65. The molecule has 14 heavy (non-hydrogen) atoms. The molecule has 0 radical (unpaired) electrons. The molecule has 2 heteroatoms. The minimum atomic E-state index is 1.11. The van der Waals surface area contributed by atoms with Crippen molar-refractivity contribution in [1.82, 2.24) is 0 Å². The summed E-state index contributed by atoms with van der Waals surface area (Å²) in [6.07, 6.45) is 6.86. The Morgan fingerprint density at radius 3 is 2.79 bits per heavy atom. The van der Waals surface area contributed by atoms with Crippen molar-refractivity contribution in [3.05, 3.63) is 48.4 Å². The van der Waals surface area contributed by atoms with Crippen LogP contribution >= 0.6 is 8.19 Å². The molecule has 0 aliphatic heterocycles. The van der Waals surface area contributed by atoms with Crippen molar-refractivity contribution in [2.24, 2.45) is 0 Å². The van der Waals surface area contributed by atoms with Gasteiger partial charge in [0.05, 0.1) is 5.42 Å². The molecule has 0 spiro atoms. The van der Waals surface area contributed by atoms with E-state index < -0.39 is 0 Å². The van der Waals surface area contributed by atoms with Crippen LogP contribution in [0.4, 0.5) is 5.42 Å². The van der Waals surface area contributed by atoms with Crippen LogP contribution in [0.25, 0.3) is 0 Å². The number of aryl methyl sites for hydroxylation is 1. The standard InChI is InChI=1S/C12H16NP/c1-4-6-9-13(3)12-8-7-11(5-2)10-14-12/h4,6-10H,1,5H2,2-3H3/b9-6-. The van der Waals surface area contributed by atoms with Crippen LogP contribution in [-0.2, 0) is 6.42 Å². The first-order valence-electron chi connectivity index (χ1n) is 4.75. The van der Waals surface area contributed by atoms with Crippen molar-refractivity contribution >= 4 is 13.6 Å². The molecule has 1 aromatic heterocycles. The van der Waals surface area contributed by atoms with Crippen LogP contribution in [0, 0.1) is 0 Å². The third-order valence-corrected chi connectivity index (χ3v) is 3.21. The number of allylic oxidation sites excluding steroid dienone is 2. The molecule has 0 N–H and O–H groups in total. The van der Waals surface area contributed by atoms with Crippen LogP contribution in [0.15, 0.2) is 42.9 Å². The van der Waals surface area contributed by atoms with Crippen LogP contribution in [-0.4, -0.2) is 7.05 Å². The summed E-state index contributed by atoms with van der Waals surface area (Å²) in [6, 6.07) is 4.36. The third-order valence-electron chi connectivity index (χ3n) is 2.02. The normalized spacial score (nSPS) is 11.0. The summed E-state index contributed by atoms with van der Waals surface area (Å²) in [5.74, 6) is 2.26. The van der Waals surface area contributed by atoms with E-state index in [4.69, 9.17) is 0 Å². The van der Waals surface area contributed by atoms with Crippen LogP contribution in [0.1, 0.15) is 12.5 Å². The zero-order valence-electron chi connectivity index (χ0n) is 8.77. The van der Waals surface area contributed by atoms with E-state index in [0.29, 0.717) is 0 Å². The topological polar surface area (TPSA) is 3.24 Å². The quantitative estimate of drug-likeness (QED) is 0.672. The van der Waals surface area contributed by atoms with E-state index in [1.165, 1.54) is 19.2 Å². The average Bonchev–Trinajstić information content (AvgIpc) is 2.26. The van der Waals surface area contributed by atoms with E-state index in [9.17, 15) is 0 Å². The first kappa shape index (κ1) is 11.0. The van der Waals surface area contributed by atoms with Crippen molar-refractivity contribution in [1.29, 1.82) is 0 Å². The Labute approximate surface area is 87.9 Å². The Morgan fingerprint density at radius 1 is 1.50 bits per heavy atom. The molecule has 0 amide bonds. The van der Waals surface area contributed by atoms with Gasteiger partial charge in [0, 0.05) is 13.2 Å². The van der Waals surface area contributed by atoms with E-state index in [0.717, 1.165) is 6.42 Å². The third kappa shape index (κ3) is 3.01. The largest absolute Gasteiger partial charge is 0.347 e. The molecule has 1 rings (SSSR count). The Bertz CT molecular complexity index is 314. The molecule has 1 heterocycles. The van der Waals surface area contributed by atoms with E-state index in [-0.39, 0.29) is 0 Å². The Hall–Kier alpha value is -1.07. The second-order valence-corrected chi connectivity index (χ2v) is 4.04. The van der Waals surface area contributed by atoms with Gasteiger partial charge in [0.2, 0.25) is 0 Å². The van der Waals surface area contributed by atoms with Gasteiger partial charge in [-0.25, -0.2) is 0 Å². The minimum absolute atomic E-state index is 1.11. The average molecular weight is 205 g/mol. The van der Waals surface area contributed by atoms with E-state index >= 15 is 0 Å². The van der Waals surface area contributed by atoms with Crippen molar-refractivity contribution in [3.63, 3.8) is 0 Å². The summed E-state index contributed by atoms with van der Waals surface area (Å²) in [4.78, 5) is 2.11. The minimum Gasteiger partial charge on any atom is -0.347 e. The molecule has 0 aliphatic carbocycles. The predicted molar refractivity (Wildman–Crippen MR) is 66.1 cm³/mol. The van der Waals surface area contributed by atoms with Gasteiger partial charge in [-0.3, -0.25) is 0 Å². The number of anilines is 1. The molecule has 0 aliphatic rings. The fraction of sp³-hybridized carbons (Fsp3) is 0.250. The van der Waals surface area contributed by atoms with Crippen LogP contribution in [0.5, 0.6) is 0 Å². The monoisotopic (exact) mass is 205 g/mol. The summed E-state index contributed by atoms with van der Waals surface area (Å²) < 4.78 is 0. The highest BCUT2D eigenvalue weighted by molar-refractivity contribution is 7.33. The molecule has 0 bridgehead atoms. The Balaban J connectivity index is 2.75. The summed E-state index contributed by atoms with van der Waals surface area (Å²) in [5, 5.41) is 0. The first-order valence-corrected chi connectivity index (χ1v) is 5.71. The zero-order valence-corrected chi connectivity index (χ0v) is 9.67.